The van der Waals surface area contributed by atoms with Crippen molar-refractivity contribution in [2.75, 3.05) is 18.8 Å². The summed E-state index contributed by atoms with van der Waals surface area (Å²) in [6.45, 7) is 5.06. The van der Waals surface area contributed by atoms with Gasteiger partial charge in [-0.1, -0.05) is 11.6 Å². The minimum absolute atomic E-state index is 0.0883. The smallest absolute Gasteiger partial charge is 0.273 e. The fourth-order valence-corrected chi connectivity index (χ4v) is 2.11. The molecule has 0 saturated heterocycles. The van der Waals surface area contributed by atoms with Crippen LogP contribution < -0.4 is 5.73 Å². The summed E-state index contributed by atoms with van der Waals surface area (Å²) >= 11 is 5.97. The molecule has 0 unspecified atom stereocenters. The third-order valence-corrected chi connectivity index (χ3v) is 3.16. The second-order valence-corrected chi connectivity index (χ2v) is 4.51. The molecule has 100 valence electrons. The van der Waals surface area contributed by atoms with Crippen molar-refractivity contribution < 1.29 is 4.79 Å². The van der Waals surface area contributed by atoms with Gasteiger partial charge in [0.05, 0.1) is 5.52 Å². The molecule has 0 bridgehead atoms. The van der Waals surface area contributed by atoms with Crippen LogP contribution >= 0.6 is 11.6 Å². The Morgan fingerprint density at radius 3 is 2.63 bits per heavy atom. The minimum atomic E-state index is -0.161. The number of halogens is 1. The number of hydrogen-bond donors (Lipinski definition) is 1. The largest absolute Gasteiger partial charge is 0.368 e. The molecule has 2 aromatic rings. The van der Waals surface area contributed by atoms with Gasteiger partial charge in [0.15, 0.2) is 0 Å². The van der Waals surface area contributed by atoms with Crippen LogP contribution in [0.25, 0.3) is 10.9 Å². The first-order valence-corrected chi connectivity index (χ1v) is 6.46. The molecule has 0 aliphatic rings. The number of carbonyl (C=O) groups excluding carboxylic acids is 1. The summed E-state index contributed by atoms with van der Waals surface area (Å²) in [5.41, 5.74) is 6.58. The summed E-state index contributed by atoms with van der Waals surface area (Å²) in [6.07, 6.45) is 0. The Morgan fingerprint density at radius 1 is 1.32 bits per heavy atom. The van der Waals surface area contributed by atoms with Crippen LogP contribution in [0.1, 0.15) is 24.3 Å². The Balaban J connectivity index is 2.64. The summed E-state index contributed by atoms with van der Waals surface area (Å²) in [5.74, 6) is -0.0725. The highest BCUT2D eigenvalue weighted by Crippen LogP contribution is 2.22. The van der Waals surface area contributed by atoms with Crippen molar-refractivity contribution in [3.8, 4) is 0 Å². The normalized spacial score (nSPS) is 10.7. The molecule has 0 fully saturated rings. The van der Waals surface area contributed by atoms with E-state index >= 15 is 0 Å². The fraction of sp³-hybridized carbons (Fsp3) is 0.308. The minimum Gasteiger partial charge on any atom is -0.368 e. The van der Waals surface area contributed by atoms with Crippen LogP contribution in [0.3, 0.4) is 0 Å². The number of fused-ring (bicyclic) bond motifs is 1. The van der Waals surface area contributed by atoms with Crippen molar-refractivity contribution in [3.05, 3.63) is 28.9 Å². The first-order chi connectivity index (χ1) is 9.06. The van der Waals surface area contributed by atoms with Crippen LogP contribution in [0.4, 0.5) is 5.95 Å². The number of anilines is 1. The molecule has 0 aliphatic heterocycles. The summed E-state index contributed by atoms with van der Waals surface area (Å²) in [4.78, 5) is 22.3. The van der Waals surface area contributed by atoms with Gasteiger partial charge in [-0.15, -0.1) is 0 Å². The summed E-state index contributed by atoms with van der Waals surface area (Å²) in [5, 5.41) is 1.16. The van der Waals surface area contributed by atoms with Crippen molar-refractivity contribution in [1.29, 1.82) is 0 Å². The predicted molar refractivity (Wildman–Crippen MR) is 76.2 cm³/mol. The highest BCUT2D eigenvalue weighted by Gasteiger charge is 2.18. The number of nitrogen functional groups attached to an aromatic ring is 1. The SMILES string of the molecule is CCN(CC)C(=O)c1nc(N)nc2ccc(Cl)cc12. The average Bonchev–Trinajstić information content (AvgIpc) is 2.39. The van der Waals surface area contributed by atoms with E-state index in [1.807, 2.05) is 13.8 Å². The van der Waals surface area contributed by atoms with Gasteiger partial charge in [-0.2, -0.15) is 0 Å². The van der Waals surface area contributed by atoms with Crippen molar-refractivity contribution in [3.63, 3.8) is 0 Å². The zero-order valence-electron chi connectivity index (χ0n) is 10.9. The first-order valence-electron chi connectivity index (χ1n) is 6.08. The highest BCUT2D eigenvalue weighted by molar-refractivity contribution is 6.31. The van der Waals surface area contributed by atoms with E-state index in [1.54, 1.807) is 23.1 Å². The molecule has 0 radical (unpaired) electrons. The molecule has 0 spiro atoms. The molecule has 6 heteroatoms. The Kier molecular flexibility index (Phi) is 3.85. The van der Waals surface area contributed by atoms with Gasteiger partial charge >= 0.3 is 0 Å². The Morgan fingerprint density at radius 2 is 2.00 bits per heavy atom. The van der Waals surface area contributed by atoms with Crippen LogP contribution in [-0.2, 0) is 0 Å². The Labute approximate surface area is 116 Å². The molecule has 1 aromatic carbocycles. The van der Waals surface area contributed by atoms with E-state index < -0.39 is 0 Å². The first kappa shape index (κ1) is 13.5. The van der Waals surface area contributed by atoms with Crippen LogP contribution in [0, 0.1) is 0 Å². The quantitative estimate of drug-likeness (QED) is 0.935. The molecular weight excluding hydrogens is 264 g/mol. The van der Waals surface area contributed by atoms with Gasteiger partial charge in [-0.05, 0) is 32.0 Å². The third-order valence-electron chi connectivity index (χ3n) is 2.93. The molecule has 2 N–H and O–H groups in total. The molecule has 5 nitrogen and oxygen atoms in total. The zero-order chi connectivity index (χ0) is 14.0. The van der Waals surface area contributed by atoms with E-state index in [4.69, 9.17) is 17.3 Å². The van der Waals surface area contributed by atoms with Crippen LogP contribution in [0.15, 0.2) is 18.2 Å². The van der Waals surface area contributed by atoms with Gasteiger partial charge in [0.1, 0.15) is 5.69 Å². The average molecular weight is 279 g/mol. The predicted octanol–water partition coefficient (Wildman–Crippen LogP) is 2.35. The topological polar surface area (TPSA) is 72.1 Å². The summed E-state index contributed by atoms with van der Waals surface area (Å²) in [7, 11) is 0. The van der Waals surface area contributed by atoms with Gasteiger partial charge in [0.25, 0.3) is 5.91 Å². The number of benzene rings is 1. The van der Waals surface area contributed by atoms with E-state index in [1.165, 1.54) is 0 Å². The second-order valence-electron chi connectivity index (χ2n) is 4.07. The summed E-state index contributed by atoms with van der Waals surface area (Å²) in [6, 6.07) is 5.13. The number of nitrogens with two attached hydrogens (primary N) is 1. The van der Waals surface area contributed by atoms with Gasteiger partial charge in [-0.25, -0.2) is 9.97 Å². The number of hydrogen-bond acceptors (Lipinski definition) is 4. The van der Waals surface area contributed by atoms with E-state index in [9.17, 15) is 4.79 Å². The number of amides is 1. The monoisotopic (exact) mass is 278 g/mol. The lowest BCUT2D eigenvalue weighted by atomic mass is 10.1. The lowest BCUT2D eigenvalue weighted by molar-refractivity contribution is 0.0769. The number of rotatable bonds is 3. The van der Waals surface area contributed by atoms with Crippen molar-refractivity contribution in [1.82, 2.24) is 14.9 Å². The van der Waals surface area contributed by atoms with Gasteiger partial charge in [-0.3, -0.25) is 4.79 Å². The Hall–Kier alpha value is -1.88. The van der Waals surface area contributed by atoms with Crippen LogP contribution in [0.5, 0.6) is 0 Å². The third kappa shape index (κ3) is 2.61. The maximum atomic E-state index is 12.4. The Bertz CT molecular complexity index is 625. The van der Waals surface area contributed by atoms with Gasteiger partial charge < -0.3 is 10.6 Å². The highest BCUT2D eigenvalue weighted by atomic mass is 35.5. The van der Waals surface area contributed by atoms with Gasteiger partial charge in [0.2, 0.25) is 5.95 Å². The maximum Gasteiger partial charge on any atom is 0.273 e. The molecule has 0 saturated carbocycles. The maximum absolute atomic E-state index is 12.4. The van der Waals surface area contributed by atoms with Gasteiger partial charge in [0, 0.05) is 23.5 Å². The van der Waals surface area contributed by atoms with E-state index in [2.05, 4.69) is 9.97 Å². The lowest BCUT2D eigenvalue weighted by Gasteiger charge is -2.19. The molecule has 1 aromatic heterocycles. The zero-order valence-corrected chi connectivity index (χ0v) is 11.6. The summed E-state index contributed by atoms with van der Waals surface area (Å²) < 4.78 is 0. The molecule has 1 amide bonds. The fourth-order valence-electron chi connectivity index (χ4n) is 1.94. The molecule has 0 aliphatic carbocycles. The molecule has 1 heterocycles. The van der Waals surface area contributed by atoms with E-state index in [0.717, 1.165) is 0 Å². The second kappa shape index (κ2) is 5.40. The van der Waals surface area contributed by atoms with Crippen LogP contribution in [-0.4, -0.2) is 33.9 Å². The molecule has 19 heavy (non-hydrogen) atoms. The van der Waals surface area contributed by atoms with E-state index in [-0.39, 0.29) is 11.9 Å². The van der Waals surface area contributed by atoms with Crippen LogP contribution in [0.2, 0.25) is 5.02 Å². The van der Waals surface area contributed by atoms with E-state index in [0.29, 0.717) is 34.7 Å². The number of nitrogens with zero attached hydrogens (tertiary/aromatic N) is 3. The molecule has 0 atom stereocenters. The lowest BCUT2D eigenvalue weighted by Crippen LogP contribution is -2.31. The van der Waals surface area contributed by atoms with Crippen molar-refractivity contribution in [2.45, 2.75) is 13.8 Å². The molecular formula is C13H15ClN4O. The molecule has 2 rings (SSSR count). The van der Waals surface area contributed by atoms with Crippen molar-refractivity contribution in [2.24, 2.45) is 0 Å². The standard InChI is InChI=1S/C13H15ClN4O/c1-3-18(4-2)12(19)11-9-7-8(14)5-6-10(9)16-13(15)17-11/h5-7H,3-4H2,1-2H3,(H2,15,16,17). The van der Waals surface area contributed by atoms with Crippen molar-refractivity contribution >= 4 is 34.4 Å². The number of carbonyl (C=O) groups is 1. The number of aromatic nitrogens is 2.